The van der Waals surface area contributed by atoms with Crippen LogP contribution in [0, 0.1) is 17.7 Å². The molecule has 0 saturated heterocycles. The first-order chi connectivity index (χ1) is 17.2. The van der Waals surface area contributed by atoms with Crippen LogP contribution < -0.4 is 0 Å². The molecule has 0 spiro atoms. The van der Waals surface area contributed by atoms with Crippen LogP contribution in [-0.2, 0) is 0 Å². The van der Waals surface area contributed by atoms with E-state index in [-0.39, 0.29) is 5.82 Å². The maximum Gasteiger partial charge on any atom is 0.131 e. The van der Waals surface area contributed by atoms with E-state index in [0.29, 0.717) is 11.8 Å². The van der Waals surface area contributed by atoms with Gasteiger partial charge in [-0.2, -0.15) is 0 Å². The summed E-state index contributed by atoms with van der Waals surface area (Å²) in [5.74, 6) is 3.03. The molecule has 4 rings (SSSR count). The highest BCUT2D eigenvalue weighted by molar-refractivity contribution is 5.65. The Hall–Kier alpha value is -1.63. The van der Waals surface area contributed by atoms with Crippen molar-refractivity contribution >= 4 is 0 Å². The Kier molecular flexibility index (Phi) is 10.3. The van der Waals surface area contributed by atoms with Crippen molar-refractivity contribution in [2.45, 2.75) is 128 Å². The number of rotatable bonds is 11. The van der Waals surface area contributed by atoms with Crippen LogP contribution >= 0.6 is 0 Å². The average Bonchev–Trinajstić information content (AvgIpc) is 2.90. The Labute approximate surface area is 215 Å². The molecule has 0 amide bonds. The van der Waals surface area contributed by atoms with Gasteiger partial charge in [0.2, 0.25) is 0 Å². The lowest BCUT2D eigenvalue weighted by molar-refractivity contribution is 0.302. The van der Waals surface area contributed by atoms with E-state index in [1.807, 2.05) is 12.1 Å². The summed E-state index contributed by atoms with van der Waals surface area (Å²) in [5, 5.41) is 0. The molecule has 2 aromatic rings. The third-order valence-electron chi connectivity index (χ3n) is 9.28. The lowest BCUT2D eigenvalue weighted by Crippen LogP contribution is -2.13. The van der Waals surface area contributed by atoms with Crippen molar-refractivity contribution in [3.63, 3.8) is 0 Å². The van der Waals surface area contributed by atoms with Crippen LogP contribution in [0.25, 0.3) is 11.1 Å². The molecule has 0 atom stereocenters. The quantitative estimate of drug-likeness (QED) is 0.283. The van der Waals surface area contributed by atoms with Gasteiger partial charge in [0.25, 0.3) is 0 Å². The van der Waals surface area contributed by atoms with E-state index in [2.05, 4.69) is 44.2 Å². The molecule has 2 aliphatic carbocycles. The third-order valence-corrected chi connectivity index (χ3v) is 9.28. The summed E-state index contributed by atoms with van der Waals surface area (Å²) >= 11 is 0. The second-order valence-electron chi connectivity index (χ2n) is 11.8. The fourth-order valence-electron chi connectivity index (χ4n) is 6.89. The number of benzene rings is 2. The predicted molar refractivity (Wildman–Crippen MR) is 150 cm³/mol. The average molecular weight is 477 g/mol. The van der Waals surface area contributed by atoms with Crippen LogP contribution in [-0.4, -0.2) is 0 Å². The molecule has 1 heteroatoms. The Morgan fingerprint density at radius 3 is 1.57 bits per heavy atom. The second-order valence-corrected chi connectivity index (χ2v) is 11.8. The standard InChI is InChI=1S/C34H49F/c1-3-5-7-9-26-11-15-28(16-12-26)29-19-21-31(22-20-29)33-24-23-32(25-34(33)35)30-17-13-27(14-18-30)10-8-6-4-2/h19-28,30H,3-18H2,1-2H3. The summed E-state index contributed by atoms with van der Waals surface area (Å²) in [6.45, 7) is 4.58. The summed E-state index contributed by atoms with van der Waals surface area (Å²) in [6.07, 6.45) is 21.5. The Balaban J connectivity index is 1.30. The van der Waals surface area contributed by atoms with Crippen molar-refractivity contribution in [2.24, 2.45) is 11.8 Å². The van der Waals surface area contributed by atoms with Crippen LogP contribution in [0.3, 0.4) is 0 Å². The molecule has 0 radical (unpaired) electrons. The van der Waals surface area contributed by atoms with Gasteiger partial charge in [-0.05, 0) is 97.8 Å². The number of unbranched alkanes of at least 4 members (excludes halogenated alkanes) is 4. The highest BCUT2D eigenvalue weighted by Gasteiger charge is 2.24. The van der Waals surface area contributed by atoms with Gasteiger partial charge < -0.3 is 0 Å². The minimum Gasteiger partial charge on any atom is -0.206 e. The molecule has 0 heterocycles. The summed E-state index contributed by atoms with van der Waals surface area (Å²) in [4.78, 5) is 0. The summed E-state index contributed by atoms with van der Waals surface area (Å²) in [6, 6.07) is 14.9. The van der Waals surface area contributed by atoms with Crippen LogP contribution in [0.15, 0.2) is 42.5 Å². The van der Waals surface area contributed by atoms with E-state index in [1.165, 1.54) is 114 Å². The lowest BCUT2D eigenvalue weighted by Gasteiger charge is -2.29. The van der Waals surface area contributed by atoms with E-state index in [4.69, 9.17) is 0 Å². The van der Waals surface area contributed by atoms with Crippen molar-refractivity contribution in [3.8, 4) is 11.1 Å². The molecule has 0 aromatic heterocycles. The maximum atomic E-state index is 15.2. The van der Waals surface area contributed by atoms with Gasteiger partial charge in [-0.25, -0.2) is 4.39 Å². The largest absolute Gasteiger partial charge is 0.206 e. The third kappa shape index (κ3) is 7.43. The van der Waals surface area contributed by atoms with Crippen LogP contribution in [0.2, 0.25) is 0 Å². The molecular weight excluding hydrogens is 427 g/mol. The maximum absolute atomic E-state index is 15.2. The van der Waals surface area contributed by atoms with Crippen LogP contribution in [0.5, 0.6) is 0 Å². The van der Waals surface area contributed by atoms with E-state index < -0.39 is 0 Å². The zero-order chi connectivity index (χ0) is 24.5. The van der Waals surface area contributed by atoms with E-state index in [1.54, 1.807) is 0 Å². The fourth-order valence-corrected chi connectivity index (χ4v) is 6.89. The molecule has 0 nitrogen and oxygen atoms in total. The Morgan fingerprint density at radius 1 is 0.600 bits per heavy atom. The van der Waals surface area contributed by atoms with Gasteiger partial charge in [-0.1, -0.05) is 102 Å². The topological polar surface area (TPSA) is 0 Å². The molecule has 2 saturated carbocycles. The van der Waals surface area contributed by atoms with Crippen LogP contribution in [0.4, 0.5) is 4.39 Å². The molecule has 0 aliphatic heterocycles. The van der Waals surface area contributed by atoms with Crippen molar-refractivity contribution in [3.05, 3.63) is 59.4 Å². The number of halogens is 1. The molecule has 0 N–H and O–H groups in total. The SMILES string of the molecule is CCCCCC1CCC(c2ccc(-c3ccc(C4CCC(CCCCC)CC4)cc3F)cc2)CC1. The Morgan fingerprint density at radius 2 is 1.09 bits per heavy atom. The number of hydrogen-bond donors (Lipinski definition) is 0. The molecule has 192 valence electrons. The number of hydrogen-bond acceptors (Lipinski definition) is 0. The zero-order valence-corrected chi connectivity index (χ0v) is 22.5. The molecule has 2 fully saturated rings. The molecule has 2 aromatic carbocycles. The first kappa shape index (κ1) is 26.4. The predicted octanol–water partition coefficient (Wildman–Crippen LogP) is 11.2. The second kappa shape index (κ2) is 13.6. The minimum atomic E-state index is -0.0482. The van der Waals surface area contributed by atoms with Crippen molar-refractivity contribution in [2.75, 3.05) is 0 Å². The smallest absolute Gasteiger partial charge is 0.131 e. The lowest BCUT2D eigenvalue weighted by atomic mass is 9.76. The summed E-state index contributed by atoms with van der Waals surface area (Å²) < 4.78 is 15.2. The molecule has 0 unspecified atom stereocenters. The summed E-state index contributed by atoms with van der Waals surface area (Å²) in [5.41, 5.74) is 4.44. The molecule has 35 heavy (non-hydrogen) atoms. The molecular formula is C34H49F. The highest BCUT2D eigenvalue weighted by atomic mass is 19.1. The normalized spacial score (nSPS) is 25.0. The first-order valence-electron chi connectivity index (χ1n) is 15.1. The van der Waals surface area contributed by atoms with Gasteiger partial charge in [0, 0.05) is 5.56 Å². The minimum absolute atomic E-state index is 0.0482. The first-order valence-corrected chi connectivity index (χ1v) is 15.1. The van der Waals surface area contributed by atoms with Gasteiger partial charge >= 0.3 is 0 Å². The Bertz CT molecular complexity index is 866. The fraction of sp³-hybridized carbons (Fsp3) is 0.647. The van der Waals surface area contributed by atoms with Crippen molar-refractivity contribution in [1.29, 1.82) is 0 Å². The van der Waals surface area contributed by atoms with Crippen molar-refractivity contribution in [1.82, 2.24) is 0 Å². The van der Waals surface area contributed by atoms with Crippen molar-refractivity contribution < 1.29 is 4.39 Å². The summed E-state index contributed by atoms with van der Waals surface area (Å²) in [7, 11) is 0. The molecule has 2 aliphatic rings. The van der Waals surface area contributed by atoms with E-state index >= 15 is 4.39 Å². The molecule has 0 bridgehead atoms. The van der Waals surface area contributed by atoms with Gasteiger partial charge in [0.1, 0.15) is 5.82 Å². The van der Waals surface area contributed by atoms with Crippen LogP contribution in [0.1, 0.15) is 140 Å². The highest BCUT2D eigenvalue weighted by Crippen LogP contribution is 2.40. The monoisotopic (exact) mass is 476 g/mol. The van der Waals surface area contributed by atoms with Gasteiger partial charge in [0.15, 0.2) is 0 Å². The van der Waals surface area contributed by atoms with E-state index in [9.17, 15) is 0 Å². The zero-order valence-electron chi connectivity index (χ0n) is 22.5. The van der Waals surface area contributed by atoms with E-state index in [0.717, 1.165) is 23.0 Å². The van der Waals surface area contributed by atoms with Gasteiger partial charge in [-0.15, -0.1) is 0 Å². The van der Waals surface area contributed by atoms with Gasteiger partial charge in [0.05, 0.1) is 0 Å². The van der Waals surface area contributed by atoms with Gasteiger partial charge in [-0.3, -0.25) is 0 Å².